The Labute approximate surface area is 111 Å². The van der Waals surface area contributed by atoms with E-state index in [1.165, 1.54) is 0 Å². The summed E-state index contributed by atoms with van der Waals surface area (Å²) in [5.74, 6) is 0.101. The van der Waals surface area contributed by atoms with Gasteiger partial charge in [-0.1, -0.05) is 0 Å². The van der Waals surface area contributed by atoms with E-state index in [1.807, 2.05) is 0 Å². The van der Waals surface area contributed by atoms with Gasteiger partial charge >= 0.3 is 5.70 Å². The van der Waals surface area contributed by atoms with Crippen molar-refractivity contribution in [3.63, 3.8) is 0 Å². The topological polar surface area (TPSA) is 83.2 Å². The summed E-state index contributed by atoms with van der Waals surface area (Å²) in [5.41, 5.74) is 0.0383. The van der Waals surface area contributed by atoms with Crippen LogP contribution in [-0.4, -0.2) is 37.2 Å². The maximum Gasteiger partial charge on any atom is 0.307 e. The van der Waals surface area contributed by atoms with Crippen molar-refractivity contribution in [1.82, 2.24) is 0 Å². The molecule has 1 fully saturated rings. The van der Waals surface area contributed by atoms with Gasteiger partial charge in [-0.3, -0.25) is 10.1 Å². The highest BCUT2D eigenvalue weighted by Gasteiger charge is 2.22. The quantitative estimate of drug-likeness (QED) is 0.418. The van der Waals surface area contributed by atoms with E-state index in [9.17, 15) is 10.1 Å². The van der Waals surface area contributed by atoms with Crippen LogP contribution in [0.15, 0.2) is 16.6 Å². The lowest BCUT2D eigenvalue weighted by molar-refractivity contribution is -0.431. The van der Waals surface area contributed by atoms with Crippen LogP contribution < -0.4 is 0 Å². The molecule has 1 saturated heterocycles. The van der Waals surface area contributed by atoms with E-state index >= 15 is 0 Å². The second-order valence-electron chi connectivity index (χ2n) is 4.37. The monoisotopic (exact) mass is 270 g/mol. The fraction of sp³-hybridized carbons (Fsp3) is 0.750. The Balaban J connectivity index is 1.72. The fourth-order valence-electron chi connectivity index (χ4n) is 1.98. The SMILES string of the molecule is O=[N+]([O-])C1=C(OCCOC2CCCCO2)N=CCC1. The van der Waals surface area contributed by atoms with Crippen LogP contribution in [0.2, 0.25) is 0 Å². The Kier molecular flexibility index (Phi) is 5.29. The maximum absolute atomic E-state index is 10.8. The van der Waals surface area contributed by atoms with Crippen molar-refractivity contribution in [3.05, 3.63) is 21.7 Å². The zero-order chi connectivity index (χ0) is 13.5. The molecule has 0 saturated carbocycles. The molecule has 1 unspecified atom stereocenters. The summed E-state index contributed by atoms with van der Waals surface area (Å²) in [4.78, 5) is 14.3. The second-order valence-corrected chi connectivity index (χ2v) is 4.37. The van der Waals surface area contributed by atoms with Gasteiger partial charge in [0.2, 0.25) is 0 Å². The van der Waals surface area contributed by atoms with Crippen LogP contribution in [0.5, 0.6) is 0 Å². The molecule has 7 nitrogen and oxygen atoms in total. The molecule has 0 aromatic heterocycles. The molecule has 1 atom stereocenters. The van der Waals surface area contributed by atoms with Crippen molar-refractivity contribution < 1.29 is 19.1 Å². The molecule has 2 heterocycles. The van der Waals surface area contributed by atoms with Gasteiger partial charge in [0.05, 0.1) is 11.5 Å². The molecule has 7 heteroatoms. The van der Waals surface area contributed by atoms with Crippen molar-refractivity contribution in [2.75, 3.05) is 19.8 Å². The minimum absolute atomic E-state index is 0.0383. The maximum atomic E-state index is 10.8. The van der Waals surface area contributed by atoms with E-state index in [2.05, 4.69) is 4.99 Å². The number of nitro groups is 1. The van der Waals surface area contributed by atoms with E-state index in [0.717, 1.165) is 25.9 Å². The number of allylic oxidation sites excluding steroid dienone is 1. The number of aliphatic imine (C=N–C) groups is 1. The van der Waals surface area contributed by atoms with Crippen LogP contribution in [-0.2, 0) is 14.2 Å². The summed E-state index contributed by atoms with van der Waals surface area (Å²) in [6, 6.07) is 0. The summed E-state index contributed by atoms with van der Waals surface area (Å²) >= 11 is 0. The summed E-state index contributed by atoms with van der Waals surface area (Å²) in [5, 5.41) is 10.8. The Morgan fingerprint density at radius 2 is 2.37 bits per heavy atom. The number of nitrogens with zero attached hydrogens (tertiary/aromatic N) is 2. The zero-order valence-electron chi connectivity index (χ0n) is 10.7. The Hall–Kier alpha value is -1.47. The molecule has 2 aliphatic heterocycles. The van der Waals surface area contributed by atoms with Crippen molar-refractivity contribution in [2.24, 2.45) is 4.99 Å². The lowest BCUT2D eigenvalue weighted by atomic mass is 10.2. The molecule has 2 aliphatic rings. The van der Waals surface area contributed by atoms with E-state index < -0.39 is 4.92 Å². The minimum atomic E-state index is -0.434. The van der Waals surface area contributed by atoms with Crippen LogP contribution in [0.4, 0.5) is 0 Å². The van der Waals surface area contributed by atoms with Crippen LogP contribution >= 0.6 is 0 Å². The molecule has 0 amide bonds. The van der Waals surface area contributed by atoms with Crippen molar-refractivity contribution in [1.29, 1.82) is 0 Å². The van der Waals surface area contributed by atoms with E-state index in [-0.39, 0.29) is 24.5 Å². The zero-order valence-corrected chi connectivity index (χ0v) is 10.7. The molecule has 0 aliphatic carbocycles. The molecule has 0 N–H and O–H groups in total. The standard InChI is InChI=1S/C12H18N2O5/c15-14(16)10-4-3-6-13-12(10)19-9-8-18-11-5-1-2-7-17-11/h6,11H,1-5,7-9H2. The first-order chi connectivity index (χ1) is 9.27. The van der Waals surface area contributed by atoms with Crippen LogP contribution in [0, 0.1) is 10.1 Å². The Morgan fingerprint density at radius 3 is 3.11 bits per heavy atom. The number of hydrogen-bond donors (Lipinski definition) is 0. The molecule has 2 rings (SSSR count). The van der Waals surface area contributed by atoms with Gasteiger partial charge in [-0.15, -0.1) is 0 Å². The minimum Gasteiger partial charge on any atom is -0.471 e. The van der Waals surface area contributed by atoms with E-state index in [1.54, 1.807) is 6.21 Å². The van der Waals surface area contributed by atoms with Crippen molar-refractivity contribution >= 4 is 6.21 Å². The van der Waals surface area contributed by atoms with Gasteiger partial charge in [0.1, 0.15) is 6.61 Å². The molecule has 19 heavy (non-hydrogen) atoms. The molecule has 0 spiro atoms. The van der Waals surface area contributed by atoms with Gasteiger partial charge in [-0.05, 0) is 25.7 Å². The Morgan fingerprint density at radius 1 is 1.47 bits per heavy atom. The smallest absolute Gasteiger partial charge is 0.307 e. The average molecular weight is 270 g/mol. The predicted molar refractivity (Wildman–Crippen MR) is 67.2 cm³/mol. The largest absolute Gasteiger partial charge is 0.471 e. The molecular weight excluding hydrogens is 252 g/mol. The molecule has 0 bridgehead atoms. The molecule has 0 aromatic carbocycles. The van der Waals surface area contributed by atoms with Gasteiger partial charge in [-0.25, -0.2) is 4.99 Å². The molecule has 106 valence electrons. The highest BCUT2D eigenvalue weighted by atomic mass is 16.7. The number of rotatable bonds is 6. The van der Waals surface area contributed by atoms with Gasteiger partial charge in [0, 0.05) is 19.2 Å². The second kappa shape index (κ2) is 7.20. The summed E-state index contributed by atoms with van der Waals surface area (Å²) in [6.45, 7) is 1.31. The first-order valence-electron chi connectivity index (χ1n) is 6.53. The lowest BCUT2D eigenvalue weighted by Crippen LogP contribution is -2.24. The molecule has 0 aromatic rings. The van der Waals surface area contributed by atoms with E-state index in [0.29, 0.717) is 19.4 Å². The van der Waals surface area contributed by atoms with Gasteiger partial charge in [-0.2, -0.15) is 0 Å². The van der Waals surface area contributed by atoms with Gasteiger partial charge in [0.15, 0.2) is 6.29 Å². The summed E-state index contributed by atoms with van der Waals surface area (Å²) in [7, 11) is 0. The highest BCUT2D eigenvalue weighted by Crippen LogP contribution is 2.18. The fourth-order valence-corrected chi connectivity index (χ4v) is 1.98. The summed E-state index contributed by atoms with van der Waals surface area (Å²) < 4.78 is 16.2. The number of hydrogen-bond acceptors (Lipinski definition) is 6. The van der Waals surface area contributed by atoms with Crippen LogP contribution in [0.3, 0.4) is 0 Å². The third-order valence-corrected chi connectivity index (χ3v) is 2.95. The highest BCUT2D eigenvalue weighted by molar-refractivity contribution is 5.60. The molecule has 0 radical (unpaired) electrons. The first-order valence-corrected chi connectivity index (χ1v) is 6.53. The normalized spacial score (nSPS) is 23.5. The average Bonchev–Trinajstić information content (AvgIpc) is 2.45. The van der Waals surface area contributed by atoms with E-state index in [4.69, 9.17) is 14.2 Å². The van der Waals surface area contributed by atoms with Crippen molar-refractivity contribution in [2.45, 2.75) is 38.4 Å². The third kappa shape index (κ3) is 4.29. The van der Waals surface area contributed by atoms with Crippen molar-refractivity contribution in [3.8, 4) is 0 Å². The first kappa shape index (κ1) is 14.0. The lowest BCUT2D eigenvalue weighted by Gasteiger charge is -2.22. The Bertz CT molecular complexity index is 374. The number of ether oxygens (including phenoxy) is 3. The van der Waals surface area contributed by atoms with Crippen LogP contribution in [0.25, 0.3) is 0 Å². The predicted octanol–water partition coefficient (Wildman–Crippen LogP) is 1.86. The molecular formula is C12H18N2O5. The third-order valence-electron chi connectivity index (χ3n) is 2.95. The van der Waals surface area contributed by atoms with Gasteiger partial charge < -0.3 is 14.2 Å². The van der Waals surface area contributed by atoms with Crippen LogP contribution in [0.1, 0.15) is 32.1 Å². The van der Waals surface area contributed by atoms with Gasteiger partial charge in [0.25, 0.3) is 5.88 Å². The summed E-state index contributed by atoms with van der Waals surface area (Å²) in [6.07, 6.45) is 5.47.